The first kappa shape index (κ1) is 49.7. The Morgan fingerprint density at radius 3 is 0.706 bits per heavy atom. The van der Waals surface area contributed by atoms with E-state index in [1.54, 1.807) is 42.7 Å². The Morgan fingerprint density at radius 2 is 0.515 bits per heavy atom. The molecule has 0 spiro atoms. The molecule has 0 amide bonds. The highest BCUT2D eigenvalue weighted by Gasteiger charge is 2.27. The van der Waals surface area contributed by atoms with Crippen molar-refractivity contribution in [3.63, 3.8) is 0 Å². The van der Waals surface area contributed by atoms with E-state index in [-0.39, 0.29) is 16.2 Å². The second-order valence-corrected chi connectivity index (χ2v) is 21.5. The highest BCUT2D eigenvalue weighted by atomic mass is 16.5. The highest BCUT2D eigenvalue weighted by Crippen LogP contribution is 2.43. The smallest absolute Gasteiger partial charge is 0.150 e. The minimum absolute atomic E-state index is 0.131. The number of benzene rings is 6. The third-order valence-corrected chi connectivity index (χ3v) is 13.6. The monoisotopic (exact) mass is 917 g/mol. The fourth-order valence-electron chi connectivity index (χ4n) is 10.1. The van der Waals surface area contributed by atoms with E-state index in [9.17, 15) is 4.79 Å². The van der Waals surface area contributed by atoms with Crippen molar-refractivity contribution in [3.05, 3.63) is 174 Å². The van der Waals surface area contributed by atoms with Gasteiger partial charge in [0.25, 0.3) is 0 Å². The number of aldehydes is 1. The third-order valence-electron chi connectivity index (χ3n) is 13.6. The Bertz CT molecular complexity index is 2650. The topological polar surface area (TPSA) is 72.5 Å². The SMILES string of the molecule is COc1c2cccc1Cc1cc(C(C)(C)C)cc(c1OC)Cc1cc(C=O)cc(c1OC)Cc1cc(C(C)(C)C)cc(c1OC)Cc1cccc(c1OC)Cc1cc(C(C)(C)C)cc(c1OC)C2. The summed E-state index contributed by atoms with van der Waals surface area (Å²) >= 11 is 0. The van der Waals surface area contributed by atoms with Crippen LogP contribution in [0, 0.1) is 0 Å². The van der Waals surface area contributed by atoms with Gasteiger partial charge in [0.2, 0.25) is 0 Å². The summed E-state index contributed by atoms with van der Waals surface area (Å²) in [7, 11) is 10.5. The molecule has 7 rings (SSSR count). The van der Waals surface area contributed by atoms with Crippen LogP contribution in [0.4, 0.5) is 0 Å². The molecular weight excluding hydrogens is 845 g/mol. The van der Waals surface area contributed by atoms with Gasteiger partial charge in [-0.3, -0.25) is 4.79 Å². The van der Waals surface area contributed by atoms with Crippen molar-refractivity contribution in [2.75, 3.05) is 42.7 Å². The number of rotatable bonds is 7. The lowest BCUT2D eigenvalue weighted by Gasteiger charge is -2.26. The van der Waals surface area contributed by atoms with Crippen molar-refractivity contribution in [1.29, 1.82) is 0 Å². The van der Waals surface area contributed by atoms with Gasteiger partial charge in [-0.1, -0.05) is 135 Å². The molecule has 0 N–H and O–H groups in total. The molecule has 6 aromatic carbocycles. The summed E-state index contributed by atoms with van der Waals surface area (Å²) < 4.78 is 38.3. The predicted molar refractivity (Wildman–Crippen MR) is 276 cm³/mol. The maximum atomic E-state index is 12.8. The highest BCUT2D eigenvalue weighted by molar-refractivity contribution is 5.77. The van der Waals surface area contributed by atoms with Crippen molar-refractivity contribution in [1.82, 2.24) is 0 Å². The predicted octanol–water partition coefficient (Wildman–Crippen LogP) is 13.3. The van der Waals surface area contributed by atoms with Gasteiger partial charge in [0, 0.05) is 44.1 Å². The Morgan fingerprint density at radius 1 is 0.324 bits per heavy atom. The van der Waals surface area contributed by atoms with E-state index in [1.807, 2.05) is 12.1 Å². The fraction of sp³-hybridized carbons (Fsp3) is 0.393. The van der Waals surface area contributed by atoms with E-state index < -0.39 is 0 Å². The van der Waals surface area contributed by atoms with Crippen molar-refractivity contribution < 1.29 is 33.2 Å². The van der Waals surface area contributed by atoms with Gasteiger partial charge in [-0.2, -0.15) is 0 Å². The molecule has 0 fully saturated rings. The third kappa shape index (κ3) is 10.3. The number of carbonyl (C=O) groups excluding carboxylic acids is 1. The van der Waals surface area contributed by atoms with Crippen molar-refractivity contribution in [3.8, 4) is 34.5 Å². The summed E-state index contributed by atoms with van der Waals surface area (Å²) in [6.45, 7) is 20.2. The van der Waals surface area contributed by atoms with Crippen LogP contribution in [-0.4, -0.2) is 48.9 Å². The normalized spacial score (nSPS) is 13.2. The van der Waals surface area contributed by atoms with Gasteiger partial charge in [-0.15, -0.1) is 0 Å². The summed E-state index contributed by atoms with van der Waals surface area (Å²) in [5.74, 6) is 4.86. The summed E-state index contributed by atoms with van der Waals surface area (Å²) in [6, 6.07) is 30.5. The molecule has 6 aromatic rings. The molecule has 7 heteroatoms. The number of hydrogen-bond acceptors (Lipinski definition) is 7. The second-order valence-electron chi connectivity index (χ2n) is 21.5. The van der Waals surface area contributed by atoms with E-state index in [1.165, 1.54) is 16.7 Å². The molecule has 68 heavy (non-hydrogen) atoms. The van der Waals surface area contributed by atoms with Crippen LogP contribution in [0.25, 0.3) is 0 Å². The number of carbonyl (C=O) groups is 1. The molecule has 0 unspecified atom stereocenters. The van der Waals surface area contributed by atoms with E-state index in [4.69, 9.17) is 28.4 Å². The van der Waals surface area contributed by atoms with Gasteiger partial charge >= 0.3 is 0 Å². The summed E-state index contributed by atoms with van der Waals surface area (Å²) in [4.78, 5) is 12.8. The van der Waals surface area contributed by atoms with Crippen LogP contribution in [0.15, 0.2) is 84.9 Å². The van der Waals surface area contributed by atoms with E-state index >= 15 is 0 Å². The van der Waals surface area contributed by atoms with Gasteiger partial charge in [-0.05, 0) is 112 Å². The molecule has 0 aliphatic heterocycles. The zero-order valence-electron chi connectivity index (χ0n) is 43.3. The zero-order chi connectivity index (χ0) is 49.3. The summed E-state index contributed by atoms with van der Waals surface area (Å²) in [5.41, 5.74) is 16.0. The van der Waals surface area contributed by atoms with Crippen LogP contribution in [-0.2, 0) is 54.8 Å². The van der Waals surface area contributed by atoms with Gasteiger partial charge in [-0.25, -0.2) is 0 Å². The van der Waals surface area contributed by atoms with Gasteiger partial charge < -0.3 is 28.4 Å². The minimum Gasteiger partial charge on any atom is -0.496 e. The standard InChI is InChI=1S/C61H72O7/c1-59(2,3)50-30-44-24-38-18-16-20-40(53(38)63-10)26-46-32-51(60(4,5)6)34-48(57(46)67-14)28-42-22-37(36-62)23-43(55(42)65-12)29-49-35-52(61(7,8)9)33-47(58(49)68-15)27-41-21-17-19-39(54(41)64-11)25-45(31-50)56(44)66-13/h16-23,30-36H,24-29H2,1-15H3. The molecule has 0 saturated heterocycles. The molecule has 0 saturated carbocycles. The van der Waals surface area contributed by atoms with Crippen LogP contribution in [0.3, 0.4) is 0 Å². The first-order valence-corrected chi connectivity index (χ1v) is 23.8. The van der Waals surface area contributed by atoms with Gasteiger partial charge in [0.15, 0.2) is 0 Å². The average Bonchev–Trinajstić information content (AvgIpc) is 3.27. The Balaban J connectivity index is 1.55. The molecule has 12 bridgehead atoms. The van der Waals surface area contributed by atoms with Crippen LogP contribution >= 0.6 is 0 Å². The van der Waals surface area contributed by atoms with Crippen LogP contribution in [0.2, 0.25) is 0 Å². The Kier molecular flexibility index (Phi) is 14.5. The Hall–Kier alpha value is -6.21. The van der Waals surface area contributed by atoms with E-state index in [0.717, 1.165) is 108 Å². The molecular formula is C61H72O7. The maximum Gasteiger partial charge on any atom is 0.150 e. The minimum atomic E-state index is -0.173. The van der Waals surface area contributed by atoms with E-state index in [0.29, 0.717) is 44.1 Å². The lowest BCUT2D eigenvalue weighted by Crippen LogP contribution is -2.15. The lowest BCUT2D eigenvalue weighted by molar-refractivity contribution is 0.112. The van der Waals surface area contributed by atoms with Crippen LogP contribution in [0.5, 0.6) is 34.5 Å². The average molecular weight is 917 g/mol. The molecule has 0 aromatic heterocycles. The largest absolute Gasteiger partial charge is 0.496 e. The van der Waals surface area contributed by atoms with Crippen LogP contribution < -0.4 is 28.4 Å². The maximum absolute atomic E-state index is 12.8. The first-order chi connectivity index (χ1) is 32.2. The second kappa shape index (κ2) is 19.8. The van der Waals surface area contributed by atoms with Crippen LogP contribution in [0.1, 0.15) is 156 Å². The van der Waals surface area contributed by atoms with E-state index in [2.05, 4.69) is 135 Å². The number of fused-ring (bicyclic) bond motifs is 12. The quantitative estimate of drug-likeness (QED) is 0.148. The van der Waals surface area contributed by atoms with Crippen molar-refractivity contribution >= 4 is 6.29 Å². The number of hydrogen-bond donors (Lipinski definition) is 0. The molecule has 0 atom stereocenters. The van der Waals surface area contributed by atoms with Gasteiger partial charge in [0.1, 0.15) is 40.8 Å². The van der Waals surface area contributed by atoms with Crippen molar-refractivity contribution in [2.45, 2.75) is 117 Å². The summed E-state index contributed by atoms with van der Waals surface area (Å²) in [5, 5.41) is 0. The van der Waals surface area contributed by atoms with Gasteiger partial charge in [0.05, 0.1) is 42.7 Å². The fourth-order valence-corrected chi connectivity index (χ4v) is 10.1. The molecule has 1 aliphatic rings. The van der Waals surface area contributed by atoms with Crippen molar-refractivity contribution in [2.24, 2.45) is 0 Å². The number of para-hydroxylation sites is 2. The first-order valence-electron chi connectivity index (χ1n) is 23.8. The molecule has 358 valence electrons. The number of methoxy groups -OCH3 is 6. The number of ether oxygens (including phenoxy) is 6. The molecule has 0 radical (unpaired) electrons. The summed E-state index contributed by atoms with van der Waals surface area (Å²) in [6.07, 6.45) is 4.21. The molecule has 0 heterocycles. The zero-order valence-corrected chi connectivity index (χ0v) is 43.3. The Labute approximate surface area is 406 Å². The molecule has 7 nitrogen and oxygen atoms in total. The molecule has 1 aliphatic carbocycles. The lowest BCUT2D eigenvalue weighted by atomic mass is 9.81.